The summed E-state index contributed by atoms with van der Waals surface area (Å²) in [6.45, 7) is 0. The van der Waals surface area contributed by atoms with Gasteiger partial charge >= 0.3 is 0 Å². The average molecular weight is 305 g/mol. The number of anilines is 2. The fraction of sp³-hybridized carbons (Fsp3) is 0.100. The molecule has 6 nitrogen and oxygen atoms in total. The molecule has 0 aliphatic heterocycles. The van der Waals surface area contributed by atoms with Crippen LogP contribution in [0, 0.1) is 5.82 Å². The van der Waals surface area contributed by atoms with Gasteiger partial charge in [-0.3, -0.25) is 4.72 Å². The van der Waals surface area contributed by atoms with Crippen LogP contribution in [0.3, 0.4) is 0 Å². The first kappa shape index (κ1) is 13.6. The van der Waals surface area contributed by atoms with E-state index in [9.17, 15) is 12.8 Å². The first-order valence-corrected chi connectivity index (χ1v) is 6.92. The Hall–Kier alpha value is -1.80. The zero-order chi connectivity index (χ0) is 14.2. The third-order valence-corrected chi connectivity index (χ3v) is 4.16. The Morgan fingerprint density at radius 1 is 1.47 bits per heavy atom. The van der Waals surface area contributed by atoms with E-state index in [2.05, 4.69) is 9.71 Å². The monoisotopic (exact) mass is 304 g/mol. The Labute approximate surface area is 114 Å². The zero-order valence-electron chi connectivity index (χ0n) is 9.76. The number of aryl methyl sites for hydroxylation is 1. The molecule has 2 rings (SSSR count). The van der Waals surface area contributed by atoms with Gasteiger partial charge in [-0.25, -0.2) is 9.37 Å². The van der Waals surface area contributed by atoms with Crippen molar-refractivity contribution in [3.8, 4) is 0 Å². The van der Waals surface area contributed by atoms with Gasteiger partial charge in [-0.05, 0) is 12.1 Å². The van der Waals surface area contributed by atoms with Crippen molar-refractivity contribution in [3.05, 3.63) is 35.4 Å². The molecule has 0 spiro atoms. The summed E-state index contributed by atoms with van der Waals surface area (Å²) in [5, 5.41) is -0.309. The lowest BCUT2D eigenvalue weighted by Crippen LogP contribution is -2.18. The van der Waals surface area contributed by atoms with Crippen LogP contribution >= 0.6 is 11.6 Å². The molecular formula is C10H10ClFN4O2S. The van der Waals surface area contributed by atoms with E-state index in [1.165, 1.54) is 30.1 Å². The Kier molecular flexibility index (Phi) is 3.38. The van der Waals surface area contributed by atoms with E-state index in [1.54, 1.807) is 0 Å². The van der Waals surface area contributed by atoms with Crippen LogP contribution < -0.4 is 10.5 Å². The normalized spacial score (nSPS) is 11.5. The van der Waals surface area contributed by atoms with Crippen LogP contribution in [-0.4, -0.2) is 18.0 Å². The van der Waals surface area contributed by atoms with E-state index in [-0.39, 0.29) is 21.6 Å². The van der Waals surface area contributed by atoms with E-state index < -0.39 is 15.8 Å². The number of aromatic nitrogens is 2. The van der Waals surface area contributed by atoms with Gasteiger partial charge in [0.15, 0.2) is 10.8 Å². The molecule has 1 aromatic heterocycles. The summed E-state index contributed by atoms with van der Waals surface area (Å²) in [4.78, 5) is 3.66. The van der Waals surface area contributed by atoms with Gasteiger partial charge in [-0.2, -0.15) is 8.42 Å². The molecular weight excluding hydrogens is 295 g/mol. The highest BCUT2D eigenvalue weighted by molar-refractivity contribution is 7.92. The van der Waals surface area contributed by atoms with Crippen molar-refractivity contribution in [3.63, 3.8) is 0 Å². The average Bonchev–Trinajstić information content (AvgIpc) is 2.64. The SMILES string of the molecule is Cn1cnc(N)c1S(=O)(=O)Nc1c(F)cccc1Cl. The highest BCUT2D eigenvalue weighted by Crippen LogP contribution is 2.28. The van der Waals surface area contributed by atoms with Gasteiger partial charge < -0.3 is 10.3 Å². The number of sulfonamides is 1. The molecule has 3 N–H and O–H groups in total. The number of hydrogen-bond acceptors (Lipinski definition) is 4. The molecule has 0 radical (unpaired) electrons. The van der Waals surface area contributed by atoms with Gasteiger partial charge in [0, 0.05) is 7.05 Å². The van der Waals surface area contributed by atoms with E-state index in [4.69, 9.17) is 17.3 Å². The molecule has 1 heterocycles. The fourth-order valence-corrected chi connectivity index (χ4v) is 3.14. The number of nitrogens with zero attached hydrogens (tertiary/aromatic N) is 2. The summed E-state index contributed by atoms with van der Waals surface area (Å²) in [6.07, 6.45) is 1.24. The quantitative estimate of drug-likeness (QED) is 0.901. The largest absolute Gasteiger partial charge is 0.381 e. The van der Waals surface area contributed by atoms with Crippen LogP contribution in [0.4, 0.5) is 15.9 Å². The molecule has 0 fully saturated rings. The minimum Gasteiger partial charge on any atom is -0.381 e. The van der Waals surface area contributed by atoms with Crippen molar-refractivity contribution in [2.75, 3.05) is 10.5 Å². The predicted octanol–water partition coefficient (Wildman–Crippen LogP) is 1.60. The molecule has 102 valence electrons. The summed E-state index contributed by atoms with van der Waals surface area (Å²) in [5.74, 6) is -0.959. The van der Waals surface area contributed by atoms with Crippen LogP contribution in [-0.2, 0) is 17.1 Å². The number of benzene rings is 1. The maximum atomic E-state index is 13.6. The number of nitrogen functional groups attached to an aromatic ring is 1. The molecule has 0 bridgehead atoms. The Balaban J connectivity index is 2.49. The van der Waals surface area contributed by atoms with Crippen molar-refractivity contribution in [2.45, 2.75) is 5.03 Å². The van der Waals surface area contributed by atoms with Crippen molar-refractivity contribution in [1.29, 1.82) is 0 Å². The van der Waals surface area contributed by atoms with E-state index >= 15 is 0 Å². The van der Waals surface area contributed by atoms with Crippen LogP contribution in [0.25, 0.3) is 0 Å². The highest BCUT2D eigenvalue weighted by Gasteiger charge is 2.24. The van der Waals surface area contributed by atoms with Gasteiger partial charge in [0.1, 0.15) is 11.5 Å². The van der Waals surface area contributed by atoms with Crippen molar-refractivity contribution in [2.24, 2.45) is 7.05 Å². The lowest BCUT2D eigenvalue weighted by atomic mass is 10.3. The summed E-state index contributed by atoms with van der Waals surface area (Å²) in [5.41, 5.74) is 5.15. The molecule has 0 amide bonds. The smallest absolute Gasteiger partial charge is 0.281 e. The minimum atomic E-state index is -4.08. The third-order valence-electron chi connectivity index (χ3n) is 2.36. The van der Waals surface area contributed by atoms with Crippen molar-refractivity contribution >= 4 is 33.1 Å². The molecule has 2 aromatic rings. The highest BCUT2D eigenvalue weighted by atomic mass is 35.5. The number of nitrogens with one attached hydrogen (secondary N) is 1. The molecule has 1 aromatic carbocycles. The summed E-state index contributed by atoms with van der Waals surface area (Å²) >= 11 is 5.76. The maximum absolute atomic E-state index is 13.6. The van der Waals surface area contributed by atoms with Crippen LogP contribution in [0.5, 0.6) is 0 Å². The third kappa shape index (κ3) is 2.49. The van der Waals surface area contributed by atoms with Gasteiger partial charge in [-0.1, -0.05) is 17.7 Å². The Bertz CT molecular complexity index is 689. The second-order valence-corrected chi connectivity index (χ2v) is 5.75. The second kappa shape index (κ2) is 4.71. The topological polar surface area (TPSA) is 90.0 Å². The van der Waals surface area contributed by atoms with Gasteiger partial charge in [0.25, 0.3) is 10.0 Å². The number of rotatable bonds is 3. The summed E-state index contributed by atoms with van der Waals surface area (Å²) < 4.78 is 41.1. The first-order valence-electron chi connectivity index (χ1n) is 5.06. The predicted molar refractivity (Wildman–Crippen MR) is 69.8 cm³/mol. The van der Waals surface area contributed by atoms with E-state index in [1.807, 2.05) is 0 Å². The molecule has 19 heavy (non-hydrogen) atoms. The van der Waals surface area contributed by atoms with Crippen LogP contribution in [0.1, 0.15) is 0 Å². The van der Waals surface area contributed by atoms with Crippen molar-refractivity contribution in [1.82, 2.24) is 9.55 Å². The second-order valence-electron chi connectivity index (χ2n) is 3.75. The number of imidazole rings is 1. The molecule has 0 aliphatic carbocycles. The Morgan fingerprint density at radius 2 is 2.16 bits per heavy atom. The van der Waals surface area contributed by atoms with Gasteiger partial charge in [0.05, 0.1) is 11.3 Å². The maximum Gasteiger partial charge on any atom is 0.281 e. The van der Waals surface area contributed by atoms with Gasteiger partial charge in [-0.15, -0.1) is 0 Å². The first-order chi connectivity index (χ1) is 8.83. The van der Waals surface area contributed by atoms with Crippen LogP contribution in [0.2, 0.25) is 5.02 Å². The number of nitrogens with two attached hydrogens (primary N) is 1. The number of hydrogen-bond donors (Lipinski definition) is 2. The molecule has 9 heteroatoms. The van der Waals surface area contributed by atoms with E-state index in [0.29, 0.717) is 0 Å². The molecule has 0 saturated carbocycles. The van der Waals surface area contributed by atoms with Crippen LogP contribution in [0.15, 0.2) is 29.6 Å². The standard InChI is InChI=1S/C10H10ClFN4O2S/c1-16-5-14-9(13)10(16)19(17,18)15-8-6(11)3-2-4-7(8)12/h2-5,15H,13H2,1H3. The summed E-state index contributed by atoms with van der Waals surface area (Å²) in [6, 6.07) is 3.83. The Morgan fingerprint density at radius 3 is 2.68 bits per heavy atom. The summed E-state index contributed by atoms with van der Waals surface area (Å²) in [7, 11) is -2.62. The molecule has 0 unspecified atom stereocenters. The molecule has 0 atom stereocenters. The zero-order valence-corrected chi connectivity index (χ0v) is 11.3. The molecule has 0 saturated heterocycles. The lowest BCUT2D eigenvalue weighted by molar-refractivity contribution is 0.589. The van der Waals surface area contributed by atoms with Crippen molar-refractivity contribution < 1.29 is 12.8 Å². The fourth-order valence-electron chi connectivity index (χ4n) is 1.54. The lowest BCUT2D eigenvalue weighted by Gasteiger charge is -2.11. The molecule has 0 aliphatic rings. The number of para-hydroxylation sites is 1. The van der Waals surface area contributed by atoms with Gasteiger partial charge in [0.2, 0.25) is 0 Å². The number of halogens is 2. The van der Waals surface area contributed by atoms with E-state index in [0.717, 1.165) is 6.07 Å². The minimum absolute atomic E-state index is 0.0516.